The number of methoxy groups -OCH3 is 1. The average Bonchev–Trinajstić information content (AvgIpc) is 3.12. The topological polar surface area (TPSA) is 50.8 Å². The molecule has 1 N–H and O–H groups in total. The predicted octanol–water partition coefficient (Wildman–Crippen LogP) is 3.86. The predicted molar refractivity (Wildman–Crippen MR) is 98.1 cm³/mol. The van der Waals surface area contributed by atoms with Crippen LogP contribution in [-0.4, -0.2) is 44.7 Å². The molecule has 0 aliphatic carbocycles. The van der Waals surface area contributed by atoms with Gasteiger partial charge in [-0.2, -0.15) is 13.2 Å². The van der Waals surface area contributed by atoms with E-state index in [1.165, 1.54) is 29.4 Å². The summed E-state index contributed by atoms with van der Waals surface area (Å²) in [6.07, 6.45) is -4.48. The molecule has 0 saturated heterocycles. The van der Waals surface area contributed by atoms with Gasteiger partial charge >= 0.3 is 6.18 Å². The highest BCUT2D eigenvalue weighted by molar-refractivity contribution is 7.09. The van der Waals surface area contributed by atoms with Gasteiger partial charge in [0, 0.05) is 19.0 Å². The minimum Gasteiger partial charge on any atom is -0.489 e. The molecule has 0 unspecified atom stereocenters. The first-order valence-corrected chi connectivity index (χ1v) is 9.02. The summed E-state index contributed by atoms with van der Waals surface area (Å²) in [6.45, 7) is 0.771. The number of anilines is 1. The zero-order chi connectivity index (χ0) is 19.9. The minimum atomic E-state index is -4.48. The number of halogens is 3. The Morgan fingerprint density at radius 1 is 1.26 bits per heavy atom. The molecule has 0 radical (unpaired) electrons. The number of hydrogen-bond acceptors (Lipinski definition) is 5. The average molecular weight is 402 g/mol. The highest BCUT2D eigenvalue weighted by atomic mass is 32.1. The van der Waals surface area contributed by atoms with Gasteiger partial charge in [-0.25, -0.2) is 0 Å². The maximum Gasteiger partial charge on any atom is 0.416 e. The Morgan fingerprint density at radius 3 is 2.67 bits per heavy atom. The lowest BCUT2D eigenvalue weighted by atomic mass is 10.1. The molecule has 0 bridgehead atoms. The lowest BCUT2D eigenvalue weighted by Gasteiger charge is -2.19. The van der Waals surface area contributed by atoms with Crippen molar-refractivity contribution < 1.29 is 27.4 Å². The van der Waals surface area contributed by atoms with Crippen LogP contribution >= 0.6 is 11.3 Å². The summed E-state index contributed by atoms with van der Waals surface area (Å²) in [5.41, 5.74) is -0.706. The molecule has 2 rings (SSSR count). The first-order valence-electron chi connectivity index (χ1n) is 8.14. The van der Waals surface area contributed by atoms with E-state index < -0.39 is 11.7 Å². The smallest absolute Gasteiger partial charge is 0.416 e. The van der Waals surface area contributed by atoms with E-state index in [0.29, 0.717) is 13.2 Å². The molecule has 1 heterocycles. The Kier molecular flexibility index (Phi) is 7.49. The summed E-state index contributed by atoms with van der Waals surface area (Å²) in [5, 5.41) is 4.67. The zero-order valence-corrected chi connectivity index (χ0v) is 15.8. The van der Waals surface area contributed by atoms with E-state index in [9.17, 15) is 18.0 Å². The Balaban J connectivity index is 2.05. The number of hydrogen-bond donors (Lipinski definition) is 1. The molecule has 0 saturated carbocycles. The standard InChI is InChI=1S/C18H21F3N2O3S/c1-23(12-14-4-3-9-27-14)17(24)11-22-15-10-13(18(19,20)21)5-6-16(15)26-8-7-25-2/h3-6,9-10,22H,7-8,11-12H2,1-2H3. The molecule has 0 spiro atoms. The van der Waals surface area contributed by atoms with E-state index >= 15 is 0 Å². The number of ether oxygens (including phenoxy) is 2. The molecule has 1 amide bonds. The van der Waals surface area contributed by atoms with Crippen LogP contribution < -0.4 is 10.1 Å². The summed E-state index contributed by atoms with van der Waals surface area (Å²) in [6, 6.07) is 6.92. The van der Waals surface area contributed by atoms with Crippen molar-refractivity contribution in [3.8, 4) is 5.75 Å². The monoisotopic (exact) mass is 402 g/mol. The second kappa shape index (κ2) is 9.61. The van der Waals surface area contributed by atoms with Crippen molar-refractivity contribution >= 4 is 22.9 Å². The van der Waals surface area contributed by atoms with Gasteiger partial charge in [0.25, 0.3) is 0 Å². The van der Waals surface area contributed by atoms with E-state index in [0.717, 1.165) is 17.0 Å². The van der Waals surface area contributed by atoms with E-state index in [4.69, 9.17) is 9.47 Å². The SMILES string of the molecule is COCCOc1ccc(C(F)(F)F)cc1NCC(=O)N(C)Cc1cccs1. The molecule has 2 aromatic rings. The van der Waals surface area contributed by atoms with Crippen LogP contribution in [0.15, 0.2) is 35.7 Å². The fourth-order valence-electron chi connectivity index (χ4n) is 2.24. The van der Waals surface area contributed by atoms with Crippen molar-refractivity contribution in [2.24, 2.45) is 0 Å². The molecule has 148 valence electrons. The lowest BCUT2D eigenvalue weighted by Crippen LogP contribution is -2.31. The van der Waals surface area contributed by atoms with Gasteiger partial charge in [-0.1, -0.05) is 6.07 Å². The van der Waals surface area contributed by atoms with Crippen LogP contribution in [0.4, 0.5) is 18.9 Å². The van der Waals surface area contributed by atoms with Crippen molar-refractivity contribution in [1.29, 1.82) is 0 Å². The third-order valence-electron chi connectivity index (χ3n) is 3.68. The fourth-order valence-corrected chi connectivity index (χ4v) is 2.99. The second-order valence-electron chi connectivity index (χ2n) is 5.73. The van der Waals surface area contributed by atoms with Gasteiger partial charge in [0.05, 0.1) is 30.9 Å². The molecule has 0 aliphatic heterocycles. The normalized spacial score (nSPS) is 11.3. The summed E-state index contributed by atoms with van der Waals surface area (Å²) in [4.78, 5) is 14.8. The van der Waals surface area contributed by atoms with E-state index in [-0.39, 0.29) is 30.5 Å². The van der Waals surface area contributed by atoms with Crippen molar-refractivity contribution in [2.45, 2.75) is 12.7 Å². The first kappa shape index (κ1) is 21.0. The van der Waals surface area contributed by atoms with Crippen LogP contribution in [-0.2, 0) is 22.3 Å². The van der Waals surface area contributed by atoms with Crippen LogP contribution in [0.2, 0.25) is 0 Å². The van der Waals surface area contributed by atoms with E-state index in [1.54, 1.807) is 7.05 Å². The number of carbonyl (C=O) groups excluding carboxylic acids is 1. The number of carbonyl (C=O) groups is 1. The Morgan fingerprint density at radius 2 is 2.04 bits per heavy atom. The lowest BCUT2D eigenvalue weighted by molar-refractivity contribution is -0.137. The Labute approximate surface area is 159 Å². The molecule has 0 aliphatic rings. The highest BCUT2D eigenvalue weighted by Gasteiger charge is 2.31. The zero-order valence-electron chi connectivity index (χ0n) is 15.0. The number of nitrogens with zero attached hydrogens (tertiary/aromatic N) is 1. The van der Waals surface area contributed by atoms with Crippen molar-refractivity contribution in [2.75, 3.05) is 39.2 Å². The Hall–Kier alpha value is -2.26. The van der Waals surface area contributed by atoms with Crippen LogP contribution in [0.3, 0.4) is 0 Å². The summed E-state index contributed by atoms with van der Waals surface area (Å²) < 4.78 is 49.3. The summed E-state index contributed by atoms with van der Waals surface area (Å²) in [7, 11) is 3.14. The first-order chi connectivity index (χ1) is 12.8. The Bertz CT molecular complexity index is 736. The molecule has 0 atom stereocenters. The van der Waals surface area contributed by atoms with Crippen molar-refractivity contribution in [1.82, 2.24) is 4.90 Å². The molecule has 1 aromatic heterocycles. The van der Waals surface area contributed by atoms with Gasteiger partial charge < -0.3 is 19.7 Å². The number of likely N-dealkylation sites (N-methyl/N-ethyl adjacent to an activating group) is 1. The van der Waals surface area contributed by atoms with Gasteiger partial charge in [-0.05, 0) is 29.6 Å². The largest absolute Gasteiger partial charge is 0.489 e. The minimum absolute atomic E-state index is 0.110. The molecule has 5 nitrogen and oxygen atoms in total. The van der Waals surface area contributed by atoms with E-state index in [2.05, 4.69) is 5.32 Å². The number of nitrogens with one attached hydrogen (secondary N) is 1. The van der Waals surface area contributed by atoms with Gasteiger partial charge in [-0.15, -0.1) is 11.3 Å². The van der Waals surface area contributed by atoms with Gasteiger partial charge in [-0.3, -0.25) is 4.79 Å². The number of rotatable bonds is 9. The molecule has 9 heteroatoms. The summed E-state index contributed by atoms with van der Waals surface area (Å²) >= 11 is 1.53. The molecular weight excluding hydrogens is 381 g/mol. The summed E-state index contributed by atoms with van der Waals surface area (Å²) in [5.74, 6) is -0.0163. The highest BCUT2D eigenvalue weighted by Crippen LogP contribution is 2.35. The number of thiophene rings is 1. The fraction of sp³-hybridized carbons (Fsp3) is 0.389. The van der Waals surface area contributed by atoms with Crippen LogP contribution in [0.5, 0.6) is 5.75 Å². The van der Waals surface area contributed by atoms with Crippen LogP contribution in [0.25, 0.3) is 0 Å². The van der Waals surface area contributed by atoms with Gasteiger partial charge in [0.15, 0.2) is 0 Å². The van der Waals surface area contributed by atoms with Crippen molar-refractivity contribution in [3.05, 3.63) is 46.2 Å². The quantitative estimate of drug-likeness (QED) is 0.647. The maximum absolute atomic E-state index is 13.0. The third-order valence-corrected chi connectivity index (χ3v) is 4.54. The molecule has 27 heavy (non-hydrogen) atoms. The van der Waals surface area contributed by atoms with Gasteiger partial charge in [0.1, 0.15) is 12.4 Å². The van der Waals surface area contributed by atoms with Gasteiger partial charge in [0.2, 0.25) is 5.91 Å². The third kappa shape index (κ3) is 6.44. The molecular formula is C18H21F3N2O3S. The molecule has 0 fully saturated rings. The van der Waals surface area contributed by atoms with Crippen molar-refractivity contribution in [3.63, 3.8) is 0 Å². The van der Waals surface area contributed by atoms with Crippen LogP contribution in [0.1, 0.15) is 10.4 Å². The maximum atomic E-state index is 13.0. The van der Waals surface area contributed by atoms with Crippen LogP contribution in [0, 0.1) is 0 Å². The van der Waals surface area contributed by atoms with E-state index in [1.807, 2.05) is 17.5 Å². The number of benzene rings is 1. The second-order valence-corrected chi connectivity index (χ2v) is 6.76. The molecule has 1 aromatic carbocycles. The number of alkyl halides is 3. The number of amides is 1.